The highest BCUT2D eigenvalue weighted by Gasteiger charge is 2.32. The van der Waals surface area contributed by atoms with Crippen LogP contribution in [0.3, 0.4) is 0 Å². The molecular weight excluding hydrogens is 392 g/mol. The Morgan fingerprint density at radius 2 is 1.45 bits per heavy atom. The Labute approximate surface area is 183 Å². The summed E-state index contributed by atoms with van der Waals surface area (Å²) in [7, 11) is 0. The third-order valence-electron chi connectivity index (χ3n) is 6.55. The number of amides is 2. The van der Waals surface area contributed by atoms with Gasteiger partial charge in [0.2, 0.25) is 11.8 Å². The third-order valence-corrected chi connectivity index (χ3v) is 6.55. The van der Waals surface area contributed by atoms with Crippen LogP contribution < -0.4 is 5.32 Å². The maximum Gasteiger partial charge on any atom is 0.241 e. The van der Waals surface area contributed by atoms with Crippen LogP contribution in [0.2, 0.25) is 0 Å². The average molecular weight is 425 g/mol. The molecule has 2 amide bonds. The van der Waals surface area contributed by atoms with Gasteiger partial charge in [0.15, 0.2) is 0 Å². The summed E-state index contributed by atoms with van der Waals surface area (Å²) in [5.74, 6) is 0.181. The highest BCUT2D eigenvalue weighted by molar-refractivity contribution is 6.03. The number of hydrogen-bond acceptors (Lipinski definition) is 5. The van der Waals surface area contributed by atoms with Crippen molar-refractivity contribution >= 4 is 28.3 Å². The van der Waals surface area contributed by atoms with E-state index in [-0.39, 0.29) is 23.9 Å². The summed E-state index contributed by atoms with van der Waals surface area (Å²) in [6.07, 6.45) is 0. The number of nitrogens with one attached hydrogen (secondary N) is 1. The van der Waals surface area contributed by atoms with Gasteiger partial charge in [0, 0.05) is 50.3 Å². The first-order chi connectivity index (χ1) is 15.0. The zero-order chi connectivity index (χ0) is 21.8. The van der Waals surface area contributed by atoms with Crippen LogP contribution in [0.4, 0.5) is 5.69 Å². The van der Waals surface area contributed by atoms with Crippen molar-refractivity contribution in [1.82, 2.24) is 14.7 Å². The van der Waals surface area contributed by atoms with Gasteiger partial charge >= 0.3 is 0 Å². The van der Waals surface area contributed by atoms with E-state index >= 15 is 0 Å². The monoisotopic (exact) mass is 424 g/mol. The molecule has 2 fully saturated rings. The number of fused-ring (bicyclic) bond motifs is 1. The van der Waals surface area contributed by atoms with Crippen LogP contribution in [-0.2, 0) is 14.3 Å². The number of ether oxygens (including phenoxy) is 1. The highest BCUT2D eigenvalue weighted by atomic mass is 16.5. The average Bonchev–Trinajstić information content (AvgIpc) is 2.83. The number of rotatable bonds is 5. The van der Waals surface area contributed by atoms with Crippen molar-refractivity contribution in [3.8, 4) is 0 Å². The van der Waals surface area contributed by atoms with Crippen molar-refractivity contribution in [2.75, 3.05) is 57.8 Å². The molecule has 166 valence electrons. The van der Waals surface area contributed by atoms with Gasteiger partial charge in [0.05, 0.1) is 25.3 Å². The molecule has 2 heterocycles. The molecule has 4 rings (SSSR count). The Bertz CT molecular complexity index is 915. The summed E-state index contributed by atoms with van der Waals surface area (Å²) in [6, 6.07) is 13.7. The Morgan fingerprint density at radius 1 is 0.839 bits per heavy atom. The summed E-state index contributed by atoms with van der Waals surface area (Å²) >= 11 is 0. The smallest absolute Gasteiger partial charge is 0.241 e. The molecule has 2 aromatic carbocycles. The lowest BCUT2D eigenvalue weighted by Crippen LogP contribution is -2.58. The Hall–Kier alpha value is -2.48. The molecule has 1 N–H and O–H groups in total. The first-order valence-corrected chi connectivity index (χ1v) is 11.2. The molecule has 2 aromatic rings. The van der Waals surface area contributed by atoms with E-state index in [0.29, 0.717) is 26.3 Å². The summed E-state index contributed by atoms with van der Waals surface area (Å²) in [5.41, 5.74) is 0.846. The fraction of sp³-hybridized carbons (Fsp3) is 0.500. The van der Waals surface area contributed by atoms with Crippen LogP contribution in [0.5, 0.6) is 0 Å². The van der Waals surface area contributed by atoms with Crippen molar-refractivity contribution in [2.24, 2.45) is 0 Å². The molecule has 2 atom stereocenters. The first kappa shape index (κ1) is 21.7. The number of anilines is 1. The molecule has 7 nitrogen and oxygen atoms in total. The van der Waals surface area contributed by atoms with Crippen molar-refractivity contribution in [2.45, 2.75) is 25.9 Å². The molecule has 0 spiro atoms. The standard InChI is InChI=1S/C24H32N4O3/c1-18(23(29)25-22-9-5-7-20-6-3-4-8-21(20)22)26-10-12-27(13-11-26)19(2)24(30)28-14-16-31-17-15-28/h3-9,18-19H,10-17H2,1-2H3,(H,25,29). The quantitative estimate of drug-likeness (QED) is 0.796. The molecule has 7 heteroatoms. The summed E-state index contributed by atoms with van der Waals surface area (Å²) in [6.45, 7) is 9.64. The Morgan fingerprint density at radius 3 is 2.16 bits per heavy atom. The maximum absolute atomic E-state index is 12.9. The normalized spacial score (nSPS) is 20.4. The highest BCUT2D eigenvalue weighted by Crippen LogP contribution is 2.23. The van der Waals surface area contributed by atoms with Crippen molar-refractivity contribution < 1.29 is 14.3 Å². The lowest BCUT2D eigenvalue weighted by molar-refractivity contribution is -0.141. The molecule has 0 radical (unpaired) electrons. The van der Waals surface area contributed by atoms with Gasteiger partial charge in [-0.1, -0.05) is 36.4 Å². The Kier molecular flexibility index (Phi) is 6.85. The first-order valence-electron chi connectivity index (χ1n) is 11.2. The summed E-state index contributed by atoms with van der Waals surface area (Å²) in [5, 5.41) is 5.27. The van der Waals surface area contributed by atoms with Crippen LogP contribution in [0, 0.1) is 0 Å². The van der Waals surface area contributed by atoms with Crippen molar-refractivity contribution in [1.29, 1.82) is 0 Å². The predicted molar refractivity (Wildman–Crippen MR) is 122 cm³/mol. The van der Waals surface area contributed by atoms with Crippen LogP contribution >= 0.6 is 0 Å². The zero-order valence-corrected chi connectivity index (χ0v) is 18.4. The number of morpholine rings is 1. The zero-order valence-electron chi connectivity index (χ0n) is 18.4. The second kappa shape index (κ2) is 9.77. The van der Waals surface area contributed by atoms with E-state index in [1.54, 1.807) is 0 Å². The van der Waals surface area contributed by atoms with E-state index < -0.39 is 0 Å². The number of benzene rings is 2. The summed E-state index contributed by atoms with van der Waals surface area (Å²) in [4.78, 5) is 32.1. The molecule has 0 aliphatic carbocycles. The SMILES string of the molecule is CC(C(=O)Nc1cccc2ccccc12)N1CCN(C(C)C(=O)N2CCOCC2)CC1. The van der Waals surface area contributed by atoms with Gasteiger partial charge in [-0.15, -0.1) is 0 Å². The number of carbonyl (C=O) groups is 2. The number of nitrogens with zero attached hydrogens (tertiary/aromatic N) is 3. The third kappa shape index (κ3) is 4.89. The van der Waals surface area contributed by atoms with Crippen LogP contribution in [-0.4, -0.2) is 91.1 Å². The lowest BCUT2D eigenvalue weighted by atomic mass is 10.1. The number of hydrogen-bond donors (Lipinski definition) is 1. The van der Waals surface area contributed by atoms with Gasteiger partial charge in [-0.05, 0) is 25.3 Å². The second-order valence-corrected chi connectivity index (χ2v) is 8.38. The van der Waals surface area contributed by atoms with Gasteiger partial charge in [-0.3, -0.25) is 19.4 Å². The topological polar surface area (TPSA) is 65.1 Å². The van der Waals surface area contributed by atoms with E-state index in [9.17, 15) is 9.59 Å². The van der Waals surface area contributed by atoms with Crippen LogP contribution in [0.1, 0.15) is 13.8 Å². The van der Waals surface area contributed by atoms with Crippen molar-refractivity contribution in [3.05, 3.63) is 42.5 Å². The second-order valence-electron chi connectivity index (χ2n) is 8.38. The van der Waals surface area contributed by atoms with Crippen molar-refractivity contribution in [3.63, 3.8) is 0 Å². The molecule has 2 aliphatic heterocycles. The van der Waals surface area contributed by atoms with Gasteiger partial charge < -0.3 is 15.0 Å². The van der Waals surface area contributed by atoms with Gasteiger partial charge in [0.25, 0.3) is 0 Å². The Balaban J connectivity index is 1.31. The minimum Gasteiger partial charge on any atom is -0.378 e. The van der Waals surface area contributed by atoms with Crippen LogP contribution in [0.15, 0.2) is 42.5 Å². The molecule has 31 heavy (non-hydrogen) atoms. The van der Waals surface area contributed by atoms with E-state index in [4.69, 9.17) is 4.74 Å². The van der Waals surface area contributed by atoms with Gasteiger partial charge in [0.1, 0.15) is 0 Å². The molecular formula is C24H32N4O3. The van der Waals surface area contributed by atoms with Gasteiger partial charge in [-0.2, -0.15) is 0 Å². The minimum atomic E-state index is -0.230. The molecule has 2 unspecified atom stereocenters. The predicted octanol–water partition coefficient (Wildman–Crippen LogP) is 2.03. The number of carbonyl (C=O) groups excluding carboxylic acids is 2. The van der Waals surface area contributed by atoms with E-state index in [1.807, 2.05) is 61.2 Å². The maximum atomic E-state index is 12.9. The molecule has 0 aromatic heterocycles. The molecule has 0 bridgehead atoms. The minimum absolute atomic E-state index is 0.00208. The van der Waals surface area contributed by atoms with Gasteiger partial charge in [-0.25, -0.2) is 0 Å². The molecule has 0 saturated carbocycles. The molecule has 2 saturated heterocycles. The van der Waals surface area contributed by atoms with E-state index in [0.717, 1.165) is 42.6 Å². The fourth-order valence-corrected chi connectivity index (χ4v) is 4.45. The fourth-order valence-electron chi connectivity index (χ4n) is 4.45. The van der Waals surface area contributed by atoms with E-state index in [1.165, 1.54) is 0 Å². The lowest BCUT2D eigenvalue weighted by Gasteiger charge is -2.41. The number of piperazine rings is 1. The van der Waals surface area contributed by atoms with Crippen LogP contribution in [0.25, 0.3) is 10.8 Å². The summed E-state index contributed by atoms with van der Waals surface area (Å²) < 4.78 is 5.35. The molecule has 2 aliphatic rings. The van der Waals surface area contributed by atoms with E-state index in [2.05, 4.69) is 15.1 Å². The largest absolute Gasteiger partial charge is 0.378 e.